The maximum absolute atomic E-state index is 13.2. The molecule has 4 rings (SSSR count). The van der Waals surface area contributed by atoms with E-state index in [0.29, 0.717) is 16.8 Å². The minimum atomic E-state index is -4.73. The van der Waals surface area contributed by atoms with Gasteiger partial charge >= 0.3 is 12.4 Å². The van der Waals surface area contributed by atoms with Crippen molar-refractivity contribution in [3.63, 3.8) is 0 Å². The number of rotatable bonds is 3. The Hall–Kier alpha value is -3.48. The number of benzene rings is 1. The lowest BCUT2D eigenvalue weighted by Gasteiger charge is -2.08. The minimum Gasteiger partial charge on any atom is -0.238 e. The Labute approximate surface area is 176 Å². The average Bonchev–Trinajstić information content (AvgIpc) is 3.13. The zero-order valence-electron chi connectivity index (χ0n) is 15.6. The van der Waals surface area contributed by atoms with Gasteiger partial charge in [0, 0.05) is 24.2 Å². The van der Waals surface area contributed by atoms with Crippen molar-refractivity contribution < 1.29 is 34.8 Å². The number of hydrogen-bond acceptors (Lipinski definition) is 5. The first-order chi connectivity index (χ1) is 14.9. The summed E-state index contributed by atoms with van der Waals surface area (Å²) in [6.45, 7) is 0. The molecule has 32 heavy (non-hydrogen) atoms. The number of pyridine rings is 1. The molecule has 0 fully saturated rings. The molecule has 0 aliphatic rings. The van der Waals surface area contributed by atoms with Crippen LogP contribution in [0.15, 0.2) is 71.1 Å². The van der Waals surface area contributed by atoms with Crippen molar-refractivity contribution in [1.29, 1.82) is 0 Å². The molecule has 0 radical (unpaired) electrons. The molecule has 0 unspecified atom stereocenters. The fourth-order valence-corrected chi connectivity index (χ4v) is 4.41. The van der Waals surface area contributed by atoms with E-state index in [9.17, 15) is 34.8 Å². The molecule has 3 aromatic heterocycles. The predicted molar refractivity (Wildman–Crippen MR) is 98.1 cm³/mol. The van der Waals surface area contributed by atoms with Crippen LogP contribution in [0, 0.1) is 0 Å². The van der Waals surface area contributed by atoms with Crippen molar-refractivity contribution in [2.24, 2.45) is 0 Å². The third kappa shape index (κ3) is 3.79. The normalized spacial score (nSPS) is 12.9. The highest BCUT2D eigenvalue weighted by molar-refractivity contribution is 7.91. The Morgan fingerprint density at radius 2 is 1.34 bits per heavy atom. The van der Waals surface area contributed by atoms with Crippen LogP contribution in [0.5, 0.6) is 0 Å². The molecule has 166 valence electrons. The van der Waals surface area contributed by atoms with Gasteiger partial charge in [-0.25, -0.2) is 22.9 Å². The van der Waals surface area contributed by atoms with Crippen LogP contribution >= 0.6 is 0 Å². The molecule has 13 heteroatoms. The molecule has 6 nitrogen and oxygen atoms in total. The van der Waals surface area contributed by atoms with Crippen molar-refractivity contribution in [1.82, 2.24) is 19.6 Å². The zero-order valence-corrected chi connectivity index (χ0v) is 16.4. The SMILES string of the molecule is O=S(=O)(c1ncccn1)c1c(-c2ccc(C(F)(F)F)cc2)nn2cc(C(F)(F)F)ccc12. The van der Waals surface area contributed by atoms with E-state index in [-0.39, 0.29) is 16.8 Å². The van der Waals surface area contributed by atoms with Gasteiger partial charge in [-0.15, -0.1) is 0 Å². The van der Waals surface area contributed by atoms with E-state index in [1.54, 1.807) is 0 Å². The van der Waals surface area contributed by atoms with Crippen molar-refractivity contribution >= 4 is 15.4 Å². The van der Waals surface area contributed by atoms with E-state index in [1.807, 2.05) is 0 Å². The largest absolute Gasteiger partial charge is 0.417 e. The maximum atomic E-state index is 13.2. The molecule has 0 saturated heterocycles. The minimum absolute atomic E-state index is 0.0511. The lowest BCUT2D eigenvalue weighted by molar-refractivity contribution is -0.138. The van der Waals surface area contributed by atoms with Gasteiger partial charge in [-0.1, -0.05) is 12.1 Å². The van der Waals surface area contributed by atoms with E-state index in [4.69, 9.17) is 0 Å². The van der Waals surface area contributed by atoms with Crippen molar-refractivity contribution in [3.8, 4) is 11.3 Å². The average molecular weight is 472 g/mol. The van der Waals surface area contributed by atoms with Crippen molar-refractivity contribution in [2.75, 3.05) is 0 Å². The molecule has 0 N–H and O–H groups in total. The lowest BCUT2D eigenvalue weighted by atomic mass is 10.1. The predicted octanol–water partition coefficient (Wildman–Crippen LogP) is 4.66. The van der Waals surface area contributed by atoms with Gasteiger partial charge in [-0.05, 0) is 30.3 Å². The summed E-state index contributed by atoms with van der Waals surface area (Å²) < 4.78 is 105. The van der Waals surface area contributed by atoms with Crippen LogP contribution in [-0.2, 0) is 22.2 Å². The van der Waals surface area contributed by atoms with Crippen LogP contribution in [0.25, 0.3) is 16.8 Å². The number of alkyl halides is 6. The summed E-state index contributed by atoms with van der Waals surface area (Å²) in [5.74, 6) is 0. The molecule has 3 heterocycles. The van der Waals surface area contributed by atoms with E-state index < -0.39 is 43.4 Å². The van der Waals surface area contributed by atoms with Crippen molar-refractivity contribution in [2.45, 2.75) is 22.4 Å². The van der Waals surface area contributed by atoms with Crippen LogP contribution < -0.4 is 0 Å². The number of sulfone groups is 1. The quantitative estimate of drug-likeness (QED) is 0.320. The number of aromatic nitrogens is 4. The van der Waals surface area contributed by atoms with Crippen LogP contribution in [0.4, 0.5) is 26.3 Å². The molecule has 0 aliphatic heterocycles. The van der Waals surface area contributed by atoms with Crippen LogP contribution in [0.3, 0.4) is 0 Å². The molecule has 0 saturated carbocycles. The molecular formula is C19H10F6N4O2S. The first-order valence-corrected chi connectivity index (χ1v) is 10.2. The molecule has 0 aliphatic carbocycles. The molecular weight excluding hydrogens is 462 g/mol. The summed E-state index contributed by atoms with van der Waals surface area (Å²) in [6, 6.07) is 6.37. The fourth-order valence-electron chi connectivity index (χ4n) is 2.98. The van der Waals surface area contributed by atoms with E-state index >= 15 is 0 Å². The van der Waals surface area contributed by atoms with Gasteiger partial charge in [0.25, 0.3) is 5.16 Å². The number of halogens is 6. The summed E-state index contributed by atoms with van der Waals surface area (Å²) in [4.78, 5) is 6.84. The summed E-state index contributed by atoms with van der Waals surface area (Å²) in [7, 11) is -4.50. The van der Waals surface area contributed by atoms with Gasteiger partial charge in [-0.3, -0.25) is 0 Å². The van der Waals surface area contributed by atoms with Crippen LogP contribution in [-0.4, -0.2) is 28.0 Å². The standard InChI is InChI=1S/C19H10F6N4O2S/c20-18(21,22)12-4-2-11(3-5-12)15-16(32(30,31)17-26-8-1-9-27-17)14-7-6-13(19(23,24)25)10-29(14)28-15/h1-10H. The summed E-state index contributed by atoms with van der Waals surface area (Å²) in [5.41, 5.74) is -2.69. The maximum Gasteiger partial charge on any atom is 0.417 e. The Kier molecular flexibility index (Phi) is 4.95. The third-order valence-corrected chi connectivity index (χ3v) is 6.08. The van der Waals surface area contributed by atoms with Crippen molar-refractivity contribution in [3.05, 3.63) is 72.2 Å². The van der Waals surface area contributed by atoms with E-state index in [2.05, 4.69) is 15.1 Å². The van der Waals surface area contributed by atoms with Gasteiger partial charge in [0.05, 0.1) is 16.6 Å². The monoisotopic (exact) mass is 472 g/mol. The fraction of sp³-hybridized carbons (Fsp3) is 0.105. The van der Waals surface area contributed by atoms with Crippen LogP contribution in [0.2, 0.25) is 0 Å². The van der Waals surface area contributed by atoms with Gasteiger partial charge in [0.2, 0.25) is 9.84 Å². The molecule has 0 amide bonds. The van der Waals surface area contributed by atoms with Gasteiger partial charge in [-0.2, -0.15) is 31.4 Å². The van der Waals surface area contributed by atoms with Gasteiger partial charge in [0.1, 0.15) is 10.6 Å². The first kappa shape index (κ1) is 21.7. The lowest BCUT2D eigenvalue weighted by Crippen LogP contribution is -2.09. The highest BCUT2D eigenvalue weighted by Gasteiger charge is 2.35. The van der Waals surface area contributed by atoms with Gasteiger partial charge < -0.3 is 0 Å². The second kappa shape index (κ2) is 7.29. The molecule has 1 aromatic carbocycles. The second-order valence-corrected chi connectivity index (χ2v) is 8.31. The Balaban J connectivity index is 2.00. The first-order valence-electron chi connectivity index (χ1n) is 8.68. The van der Waals surface area contributed by atoms with Gasteiger partial charge in [0.15, 0.2) is 0 Å². The Morgan fingerprint density at radius 1 is 0.781 bits per heavy atom. The molecule has 0 bridgehead atoms. The Morgan fingerprint density at radius 3 is 1.91 bits per heavy atom. The summed E-state index contributed by atoms with van der Waals surface area (Å²) in [6.07, 6.45) is -6.45. The topological polar surface area (TPSA) is 77.2 Å². The van der Waals surface area contributed by atoms with Crippen LogP contribution in [0.1, 0.15) is 11.1 Å². The third-order valence-electron chi connectivity index (χ3n) is 4.45. The Bertz CT molecular complexity index is 1400. The highest BCUT2D eigenvalue weighted by Crippen LogP contribution is 2.37. The zero-order chi connectivity index (χ0) is 23.3. The smallest absolute Gasteiger partial charge is 0.238 e. The molecule has 0 atom stereocenters. The van der Waals surface area contributed by atoms with E-state index in [1.165, 1.54) is 6.07 Å². The summed E-state index contributed by atoms with van der Waals surface area (Å²) in [5, 5.41) is 3.31. The number of hydrogen-bond donors (Lipinski definition) is 0. The highest BCUT2D eigenvalue weighted by atomic mass is 32.2. The summed E-state index contributed by atoms with van der Waals surface area (Å²) >= 11 is 0. The van der Waals surface area contributed by atoms with E-state index in [0.717, 1.165) is 42.7 Å². The molecule has 0 spiro atoms. The number of nitrogens with zero attached hydrogens (tertiary/aromatic N) is 4. The molecule has 4 aromatic rings. The second-order valence-electron chi connectivity index (χ2n) is 6.53. The number of fused-ring (bicyclic) bond motifs is 1.